The molecule has 0 bridgehead atoms. The molecule has 0 aliphatic carbocycles. The van der Waals surface area contributed by atoms with Gasteiger partial charge in [0.1, 0.15) is 6.04 Å². The quantitative estimate of drug-likeness (QED) is 0.884. The Labute approximate surface area is 124 Å². The third-order valence-corrected chi connectivity index (χ3v) is 4.21. The van der Waals surface area contributed by atoms with Crippen LogP contribution in [0, 0.1) is 0 Å². The maximum absolute atomic E-state index is 12.5. The molecule has 0 aromatic carbocycles. The van der Waals surface area contributed by atoms with E-state index in [4.69, 9.17) is 0 Å². The highest BCUT2D eigenvalue weighted by Gasteiger charge is 2.34. The summed E-state index contributed by atoms with van der Waals surface area (Å²) >= 11 is 0. The van der Waals surface area contributed by atoms with Crippen LogP contribution in [-0.2, 0) is 35.9 Å². The largest absolute Gasteiger partial charge is 0.480 e. The van der Waals surface area contributed by atoms with Crippen molar-refractivity contribution in [2.24, 2.45) is 7.05 Å². The fourth-order valence-corrected chi connectivity index (χ4v) is 3.17. The van der Waals surface area contributed by atoms with Gasteiger partial charge in [0.05, 0.1) is 12.1 Å². The number of carbonyl (C=O) groups excluding carboxylic acids is 1. The molecule has 1 aliphatic rings. The summed E-state index contributed by atoms with van der Waals surface area (Å²) < 4.78 is 1.83. The van der Waals surface area contributed by atoms with Gasteiger partial charge in [-0.3, -0.25) is 9.48 Å². The van der Waals surface area contributed by atoms with Crippen molar-refractivity contribution in [1.29, 1.82) is 0 Å². The van der Waals surface area contributed by atoms with Crippen LogP contribution in [0.15, 0.2) is 0 Å². The number of aryl methyl sites for hydroxylation is 2. The van der Waals surface area contributed by atoms with E-state index >= 15 is 0 Å². The van der Waals surface area contributed by atoms with Gasteiger partial charge in [0.25, 0.3) is 0 Å². The van der Waals surface area contributed by atoms with Crippen molar-refractivity contribution in [1.82, 2.24) is 14.7 Å². The summed E-state index contributed by atoms with van der Waals surface area (Å²) in [5, 5.41) is 13.7. The van der Waals surface area contributed by atoms with Crippen molar-refractivity contribution >= 4 is 11.9 Å². The summed E-state index contributed by atoms with van der Waals surface area (Å²) in [4.78, 5) is 25.2. The molecule has 1 N–H and O–H groups in total. The summed E-state index contributed by atoms with van der Waals surface area (Å²) in [5.74, 6) is -1.00. The lowest BCUT2D eigenvalue weighted by atomic mass is 10.0. The molecule has 1 amide bonds. The van der Waals surface area contributed by atoms with Crippen molar-refractivity contribution < 1.29 is 14.7 Å². The minimum Gasteiger partial charge on any atom is -0.480 e. The highest BCUT2D eigenvalue weighted by molar-refractivity contribution is 5.85. The van der Waals surface area contributed by atoms with Crippen LogP contribution >= 0.6 is 0 Å². The van der Waals surface area contributed by atoms with Crippen molar-refractivity contribution in [3.8, 4) is 0 Å². The Morgan fingerprint density at radius 1 is 1.33 bits per heavy atom. The van der Waals surface area contributed by atoms with E-state index in [2.05, 4.69) is 5.10 Å². The molecule has 2 rings (SSSR count). The number of carboxylic acids is 1. The van der Waals surface area contributed by atoms with Crippen LogP contribution < -0.4 is 0 Å². The molecule has 21 heavy (non-hydrogen) atoms. The predicted octanol–water partition coefficient (Wildman–Crippen LogP) is 1.16. The van der Waals surface area contributed by atoms with Gasteiger partial charge in [0.2, 0.25) is 5.91 Å². The second kappa shape index (κ2) is 6.28. The van der Waals surface area contributed by atoms with E-state index in [1.165, 1.54) is 4.90 Å². The smallest absolute Gasteiger partial charge is 0.326 e. The molecular weight excluding hydrogens is 270 g/mol. The van der Waals surface area contributed by atoms with Crippen molar-refractivity contribution in [2.75, 3.05) is 6.54 Å². The average Bonchev–Trinajstić information content (AvgIpc) is 3.03. The maximum Gasteiger partial charge on any atom is 0.326 e. The molecule has 2 heterocycles. The number of hydrogen-bond donors (Lipinski definition) is 1. The fourth-order valence-electron chi connectivity index (χ4n) is 3.17. The van der Waals surface area contributed by atoms with Gasteiger partial charge < -0.3 is 10.0 Å². The maximum atomic E-state index is 12.5. The molecule has 1 atom stereocenters. The number of aromatic nitrogens is 2. The van der Waals surface area contributed by atoms with Crippen LogP contribution in [0.1, 0.15) is 43.6 Å². The van der Waals surface area contributed by atoms with E-state index in [9.17, 15) is 14.7 Å². The molecule has 6 heteroatoms. The van der Waals surface area contributed by atoms with Gasteiger partial charge in [-0.2, -0.15) is 5.10 Å². The van der Waals surface area contributed by atoms with E-state index in [0.29, 0.717) is 13.0 Å². The first-order valence-electron chi connectivity index (χ1n) is 7.55. The van der Waals surface area contributed by atoms with E-state index in [1.807, 2.05) is 25.6 Å². The molecule has 1 aliphatic heterocycles. The zero-order chi connectivity index (χ0) is 15.6. The fraction of sp³-hybridized carbons (Fsp3) is 0.667. The second-order valence-corrected chi connectivity index (χ2v) is 5.46. The number of nitrogens with zero attached hydrogens (tertiary/aromatic N) is 3. The standard InChI is InChI=1S/C15H23N3O3/c1-4-11-10(12(5-2)17(3)16-11)9-14(19)18-8-6-7-13(18)15(20)21/h13H,4-9H2,1-3H3,(H,20,21). The topological polar surface area (TPSA) is 75.4 Å². The SMILES string of the molecule is CCc1nn(C)c(CC)c1CC(=O)N1CCCC1C(=O)O. The van der Waals surface area contributed by atoms with Crippen LogP contribution in [0.25, 0.3) is 0 Å². The van der Waals surface area contributed by atoms with E-state index in [0.717, 1.165) is 36.2 Å². The van der Waals surface area contributed by atoms with Gasteiger partial charge in [-0.15, -0.1) is 0 Å². The highest BCUT2D eigenvalue weighted by atomic mass is 16.4. The number of aliphatic carboxylic acids is 1. The van der Waals surface area contributed by atoms with Crippen LogP contribution in [0.3, 0.4) is 0 Å². The summed E-state index contributed by atoms with van der Waals surface area (Å²) in [5.41, 5.74) is 2.98. The van der Waals surface area contributed by atoms with E-state index in [-0.39, 0.29) is 12.3 Å². The average molecular weight is 293 g/mol. The third-order valence-electron chi connectivity index (χ3n) is 4.21. The lowest BCUT2D eigenvalue weighted by molar-refractivity contribution is -0.148. The van der Waals surface area contributed by atoms with E-state index in [1.54, 1.807) is 0 Å². The molecule has 1 unspecified atom stereocenters. The molecule has 1 aromatic rings. The number of rotatable bonds is 5. The van der Waals surface area contributed by atoms with Gasteiger partial charge in [-0.25, -0.2) is 4.79 Å². The van der Waals surface area contributed by atoms with Gasteiger partial charge >= 0.3 is 5.97 Å². The normalized spacial score (nSPS) is 18.2. The first-order valence-corrected chi connectivity index (χ1v) is 7.55. The van der Waals surface area contributed by atoms with Crippen LogP contribution in [0.5, 0.6) is 0 Å². The number of hydrogen-bond acceptors (Lipinski definition) is 3. The van der Waals surface area contributed by atoms with Crippen molar-refractivity contribution in [2.45, 2.75) is 52.0 Å². The summed E-state index contributed by atoms with van der Waals surface area (Å²) in [6.07, 6.45) is 3.16. The Hall–Kier alpha value is -1.85. The van der Waals surface area contributed by atoms with E-state index < -0.39 is 12.0 Å². The molecule has 0 radical (unpaired) electrons. The molecule has 1 aromatic heterocycles. The second-order valence-electron chi connectivity index (χ2n) is 5.46. The minimum absolute atomic E-state index is 0.0997. The Balaban J connectivity index is 2.21. The van der Waals surface area contributed by atoms with Crippen LogP contribution in [0.2, 0.25) is 0 Å². The van der Waals surface area contributed by atoms with Crippen molar-refractivity contribution in [3.63, 3.8) is 0 Å². The Morgan fingerprint density at radius 3 is 2.62 bits per heavy atom. The highest BCUT2D eigenvalue weighted by Crippen LogP contribution is 2.22. The molecule has 1 saturated heterocycles. The number of amides is 1. The molecule has 1 fully saturated rings. The van der Waals surface area contributed by atoms with Gasteiger partial charge in [0.15, 0.2) is 0 Å². The lowest BCUT2D eigenvalue weighted by Gasteiger charge is -2.21. The molecular formula is C15H23N3O3. The number of carbonyl (C=O) groups is 2. The van der Waals surface area contributed by atoms with Crippen LogP contribution in [-0.4, -0.2) is 44.3 Å². The van der Waals surface area contributed by atoms with Gasteiger partial charge in [-0.1, -0.05) is 13.8 Å². The Kier molecular flexibility index (Phi) is 4.65. The first-order chi connectivity index (χ1) is 9.99. The summed E-state index contributed by atoms with van der Waals surface area (Å²) in [7, 11) is 1.89. The lowest BCUT2D eigenvalue weighted by Crippen LogP contribution is -2.41. The molecule has 116 valence electrons. The predicted molar refractivity (Wildman–Crippen MR) is 78.0 cm³/mol. The molecule has 0 spiro atoms. The third kappa shape index (κ3) is 2.94. The molecule has 0 saturated carbocycles. The minimum atomic E-state index is -0.904. The monoisotopic (exact) mass is 293 g/mol. The Bertz CT molecular complexity index is 551. The molecule has 6 nitrogen and oxygen atoms in total. The van der Waals surface area contributed by atoms with Crippen LogP contribution in [0.4, 0.5) is 0 Å². The van der Waals surface area contributed by atoms with Gasteiger partial charge in [0, 0.05) is 24.8 Å². The number of carboxylic acid groups (broad SMARTS) is 1. The number of likely N-dealkylation sites (tertiary alicyclic amines) is 1. The first kappa shape index (κ1) is 15.5. The zero-order valence-corrected chi connectivity index (χ0v) is 12.9. The summed E-state index contributed by atoms with van der Waals surface area (Å²) in [6.45, 7) is 4.60. The van der Waals surface area contributed by atoms with Crippen molar-refractivity contribution in [3.05, 3.63) is 17.0 Å². The van der Waals surface area contributed by atoms with Gasteiger partial charge in [-0.05, 0) is 25.7 Å². The Morgan fingerprint density at radius 2 is 2.05 bits per heavy atom. The zero-order valence-electron chi connectivity index (χ0n) is 12.9. The summed E-state index contributed by atoms with van der Waals surface area (Å²) in [6, 6.07) is -0.663.